The van der Waals surface area contributed by atoms with E-state index in [2.05, 4.69) is 4.98 Å². The number of ether oxygens (including phenoxy) is 1. The van der Waals surface area contributed by atoms with Crippen LogP contribution in [0.1, 0.15) is 41.7 Å². The monoisotopic (exact) mass is 275 g/mol. The number of fused-ring (bicyclic) bond motifs is 1. The predicted molar refractivity (Wildman–Crippen MR) is 75.2 cm³/mol. The molecule has 2 atom stereocenters. The van der Waals surface area contributed by atoms with Crippen LogP contribution in [0.4, 0.5) is 0 Å². The van der Waals surface area contributed by atoms with Crippen molar-refractivity contribution in [1.29, 1.82) is 0 Å². The zero-order chi connectivity index (χ0) is 13.9. The van der Waals surface area contributed by atoms with Gasteiger partial charge in [-0.1, -0.05) is 18.9 Å². The van der Waals surface area contributed by atoms with E-state index in [1.807, 2.05) is 11.0 Å². The Morgan fingerprint density at radius 1 is 1.40 bits per heavy atom. The number of hydrogen-bond acceptors (Lipinski definition) is 4. The summed E-state index contributed by atoms with van der Waals surface area (Å²) >= 11 is 0. The highest BCUT2D eigenvalue weighted by Gasteiger charge is 2.37. The average Bonchev–Trinajstić information content (AvgIpc) is 2.54. The molecule has 5 nitrogen and oxygen atoms in total. The van der Waals surface area contributed by atoms with Crippen LogP contribution >= 0.6 is 0 Å². The van der Waals surface area contributed by atoms with Gasteiger partial charge in [-0.3, -0.25) is 9.78 Å². The van der Waals surface area contributed by atoms with Gasteiger partial charge in [0.05, 0.1) is 18.8 Å². The molecule has 1 aromatic rings. The van der Waals surface area contributed by atoms with Crippen LogP contribution in [0.15, 0.2) is 18.3 Å². The number of aromatic nitrogens is 1. The van der Waals surface area contributed by atoms with Gasteiger partial charge in [-0.05, 0) is 24.5 Å². The largest absolute Gasteiger partial charge is 0.374 e. The van der Waals surface area contributed by atoms with E-state index in [0.29, 0.717) is 25.4 Å². The van der Waals surface area contributed by atoms with Crippen molar-refractivity contribution in [3.05, 3.63) is 29.6 Å². The molecular weight excluding hydrogens is 254 g/mol. The maximum absolute atomic E-state index is 12.6. The number of pyridine rings is 1. The molecule has 2 fully saturated rings. The van der Waals surface area contributed by atoms with Crippen molar-refractivity contribution in [3.8, 4) is 0 Å². The molecule has 2 unspecified atom stereocenters. The quantitative estimate of drug-likeness (QED) is 0.884. The summed E-state index contributed by atoms with van der Waals surface area (Å²) < 4.78 is 5.80. The fraction of sp³-hybridized carbons (Fsp3) is 0.600. The second-order valence-corrected chi connectivity index (χ2v) is 5.52. The van der Waals surface area contributed by atoms with Gasteiger partial charge in [-0.15, -0.1) is 0 Å². The van der Waals surface area contributed by atoms with Crippen LogP contribution in [-0.2, 0) is 11.3 Å². The van der Waals surface area contributed by atoms with Crippen molar-refractivity contribution in [1.82, 2.24) is 9.88 Å². The van der Waals surface area contributed by atoms with Crippen LogP contribution in [0, 0.1) is 0 Å². The average molecular weight is 275 g/mol. The first-order valence-electron chi connectivity index (χ1n) is 7.37. The summed E-state index contributed by atoms with van der Waals surface area (Å²) in [6, 6.07) is 3.87. The van der Waals surface area contributed by atoms with Crippen molar-refractivity contribution in [2.45, 2.75) is 44.4 Å². The van der Waals surface area contributed by atoms with Gasteiger partial charge >= 0.3 is 0 Å². The SMILES string of the molecule is NCc1ccc(C(=O)N2CCOC3CCCCC32)nc1. The van der Waals surface area contributed by atoms with Crippen molar-refractivity contribution in [2.75, 3.05) is 13.2 Å². The van der Waals surface area contributed by atoms with Gasteiger partial charge < -0.3 is 15.4 Å². The second-order valence-electron chi connectivity index (χ2n) is 5.52. The lowest BCUT2D eigenvalue weighted by molar-refractivity contribution is -0.0754. The zero-order valence-corrected chi connectivity index (χ0v) is 11.6. The highest BCUT2D eigenvalue weighted by atomic mass is 16.5. The number of nitrogens with two attached hydrogens (primary N) is 1. The molecule has 5 heteroatoms. The Hall–Kier alpha value is -1.46. The second kappa shape index (κ2) is 5.89. The predicted octanol–water partition coefficient (Wildman–Crippen LogP) is 1.32. The highest BCUT2D eigenvalue weighted by molar-refractivity contribution is 5.92. The maximum Gasteiger partial charge on any atom is 0.272 e. The van der Waals surface area contributed by atoms with Crippen molar-refractivity contribution in [3.63, 3.8) is 0 Å². The molecule has 108 valence electrons. The molecule has 2 aliphatic rings. The summed E-state index contributed by atoms with van der Waals surface area (Å²) in [5.41, 5.74) is 7.01. The molecule has 1 saturated carbocycles. The first-order valence-corrected chi connectivity index (χ1v) is 7.37. The molecule has 20 heavy (non-hydrogen) atoms. The van der Waals surface area contributed by atoms with Gasteiger partial charge in [0.25, 0.3) is 5.91 Å². The molecule has 2 N–H and O–H groups in total. The number of amides is 1. The van der Waals surface area contributed by atoms with Crippen molar-refractivity contribution < 1.29 is 9.53 Å². The molecule has 0 radical (unpaired) electrons. The van der Waals surface area contributed by atoms with Gasteiger partial charge in [0.2, 0.25) is 0 Å². The van der Waals surface area contributed by atoms with E-state index in [1.54, 1.807) is 12.3 Å². The lowest BCUT2D eigenvalue weighted by Crippen LogP contribution is -2.54. The summed E-state index contributed by atoms with van der Waals surface area (Å²) in [5.74, 6) is 0.0220. The molecule has 0 bridgehead atoms. The van der Waals surface area contributed by atoms with Gasteiger partial charge in [0.15, 0.2) is 0 Å². The van der Waals surface area contributed by atoms with Crippen LogP contribution in [0.2, 0.25) is 0 Å². The smallest absolute Gasteiger partial charge is 0.272 e. The van der Waals surface area contributed by atoms with E-state index in [1.165, 1.54) is 12.8 Å². The number of morpholine rings is 1. The maximum atomic E-state index is 12.6. The van der Waals surface area contributed by atoms with E-state index in [4.69, 9.17) is 10.5 Å². The Morgan fingerprint density at radius 2 is 2.25 bits per heavy atom. The van der Waals surface area contributed by atoms with Crippen LogP contribution < -0.4 is 5.73 Å². The van der Waals surface area contributed by atoms with Crippen molar-refractivity contribution in [2.24, 2.45) is 5.73 Å². The molecule has 2 heterocycles. The van der Waals surface area contributed by atoms with Crippen molar-refractivity contribution >= 4 is 5.91 Å². The molecular formula is C15H21N3O2. The third-order valence-corrected chi connectivity index (χ3v) is 4.27. The van der Waals surface area contributed by atoms with Gasteiger partial charge in [0, 0.05) is 19.3 Å². The highest BCUT2D eigenvalue weighted by Crippen LogP contribution is 2.29. The fourth-order valence-corrected chi connectivity index (χ4v) is 3.17. The normalized spacial score (nSPS) is 26.1. The Bertz CT molecular complexity index is 473. The zero-order valence-electron chi connectivity index (χ0n) is 11.6. The third kappa shape index (κ3) is 2.55. The molecule has 3 rings (SSSR count). The van der Waals surface area contributed by atoms with Crippen LogP contribution in [0.3, 0.4) is 0 Å². The Kier molecular flexibility index (Phi) is 3.98. The van der Waals surface area contributed by atoms with Gasteiger partial charge in [0.1, 0.15) is 5.69 Å². The van der Waals surface area contributed by atoms with E-state index in [9.17, 15) is 4.79 Å². The van der Waals surface area contributed by atoms with Crippen LogP contribution in [-0.4, -0.2) is 41.1 Å². The molecule has 1 amide bonds. The van der Waals surface area contributed by atoms with E-state index < -0.39 is 0 Å². The standard InChI is InChI=1S/C15H21N3O2/c16-9-11-5-6-12(17-10-11)15(19)18-7-8-20-14-4-2-1-3-13(14)18/h5-6,10,13-14H,1-4,7-9,16H2. The number of carbonyl (C=O) groups excluding carboxylic acids is 1. The van der Waals surface area contributed by atoms with E-state index in [0.717, 1.165) is 18.4 Å². The molecule has 1 aliphatic heterocycles. The minimum Gasteiger partial charge on any atom is -0.374 e. The Labute approximate surface area is 119 Å². The lowest BCUT2D eigenvalue weighted by atomic mass is 9.90. The summed E-state index contributed by atoms with van der Waals surface area (Å²) in [6.45, 7) is 1.75. The Morgan fingerprint density at radius 3 is 3.00 bits per heavy atom. The number of carbonyl (C=O) groups is 1. The van der Waals surface area contributed by atoms with E-state index >= 15 is 0 Å². The summed E-state index contributed by atoms with van der Waals surface area (Å²) in [7, 11) is 0. The number of nitrogens with zero attached hydrogens (tertiary/aromatic N) is 2. The number of rotatable bonds is 2. The number of hydrogen-bond donors (Lipinski definition) is 1. The molecule has 0 aromatic carbocycles. The summed E-state index contributed by atoms with van der Waals surface area (Å²) in [6.07, 6.45) is 6.38. The van der Waals surface area contributed by atoms with Crippen LogP contribution in [0.25, 0.3) is 0 Å². The minimum absolute atomic E-state index is 0.0220. The van der Waals surface area contributed by atoms with Gasteiger partial charge in [-0.25, -0.2) is 0 Å². The minimum atomic E-state index is 0.0220. The molecule has 0 spiro atoms. The molecule has 1 aromatic heterocycles. The Balaban J connectivity index is 1.77. The molecule has 1 saturated heterocycles. The third-order valence-electron chi connectivity index (χ3n) is 4.27. The first kappa shape index (κ1) is 13.5. The topological polar surface area (TPSA) is 68.5 Å². The van der Waals surface area contributed by atoms with Gasteiger partial charge in [-0.2, -0.15) is 0 Å². The first-order chi connectivity index (χ1) is 9.79. The summed E-state index contributed by atoms with van der Waals surface area (Å²) in [4.78, 5) is 18.8. The van der Waals surface area contributed by atoms with E-state index in [-0.39, 0.29) is 18.1 Å². The fourth-order valence-electron chi connectivity index (χ4n) is 3.17. The summed E-state index contributed by atoms with van der Waals surface area (Å²) in [5, 5.41) is 0. The van der Waals surface area contributed by atoms with Crippen LogP contribution in [0.5, 0.6) is 0 Å². The lowest BCUT2D eigenvalue weighted by Gasteiger charge is -2.43. The molecule has 1 aliphatic carbocycles.